The summed E-state index contributed by atoms with van der Waals surface area (Å²) < 4.78 is 12.8. The van der Waals surface area contributed by atoms with E-state index in [1.54, 1.807) is 14.2 Å². The molecule has 3 N–H and O–H groups in total. The van der Waals surface area contributed by atoms with Crippen LogP contribution in [0.1, 0.15) is 18.7 Å². The Labute approximate surface area is 191 Å². The maximum absolute atomic E-state index is 12.0. The molecule has 10 nitrogen and oxygen atoms in total. The molecule has 0 saturated heterocycles. The molecule has 0 aliphatic heterocycles. The summed E-state index contributed by atoms with van der Waals surface area (Å²) in [4.78, 5) is 16.7. The van der Waals surface area contributed by atoms with Gasteiger partial charge in [-0.05, 0) is 31.9 Å². The van der Waals surface area contributed by atoms with Crippen molar-refractivity contribution in [2.45, 2.75) is 19.8 Å². The van der Waals surface area contributed by atoms with E-state index >= 15 is 0 Å². The molecule has 4 rings (SSSR count). The van der Waals surface area contributed by atoms with Crippen molar-refractivity contribution < 1.29 is 14.3 Å². The predicted molar refractivity (Wildman–Crippen MR) is 127 cm³/mol. The Morgan fingerprint density at radius 1 is 1.00 bits per heavy atom. The molecule has 0 fully saturated rings. The summed E-state index contributed by atoms with van der Waals surface area (Å²) in [7, 11) is 3.20. The van der Waals surface area contributed by atoms with Gasteiger partial charge in [0.2, 0.25) is 5.65 Å². The number of carbonyl (C=O) groups is 1. The number of urea groups is 1. The monoisotopic (exact) mass is 449 g/mol. The number of para-hydroxylation sites is 1. The van der Waals surface area contributed by atoms with Crippen molar-refractivity contribution in [3.05, 3.63) is 48.3 Å². The van der Waals surface area contributed by atoms with Crippen LogP contribution in [-0.2, 0) is 0 Å². The van der Waals surface area contributed by atoms with Crippen molar-refractivity contribution in [3.8, 4) is 11.5 Å². The molecule has 2 aromatic carbocycles. The second-order valence-corrected chi connectivity index (χ2v) is 7.44. The van der Waals surface area contributed by atoms with Crippen molar-refractivity contribution in [3.63, 3.8) is 0 Å². The number of methoxy groups -OCH3 is 2. The Bertz CT molecular complexity index is 1260. The lowest BCUT2D eigenvalue weighted by molar-refractivity contribution is 0.252. The molecule has 0 bridgehead atoms. The van der Waals surface area contributed by atoms with E-state index in [1.807, 2.05) is 53.8 Å². The van der Waals surface area contributed by atoms with Gasteiger partial charge in [0.25, 0.3) is 0 Å². The summed E-state index contributed by atoms with van der Waals surface area (Å²) in [6.45, 7) is 3.14. The van der Waals surface area contributed by atoms with Gasteiger partial charge >= 0.3 is 6.03 Å². The molecule has 0 atom stereocenters. The highest BCUT2D eigenvalue weighted by Crippen LogP contribution is 2.33. The third-order valence-electron chi connectivity index (χ3n) is 5.20. The summed E-state index contributed by atoms with van der Waals surface area (Å²) >= 11 is 0. The van der Waals surface area contributed by atoms with Crippen molar-refractivity contribution >= 4 is 34.2 Å². The second kappa shape index (κ2) is 10.0. The first-order chi connectivity index (χ1) is 16.1. The van der Waals surface area contributed by atoms with Crippen LogP contribution in [0.5, 0.6) is 11.5 Å². The highest BCUT2D eigenvalue weighted by Gasteiger charge is 2.16. The fourth-order valence-corrected chi connectivity index (χ4v) is 3.57. The number of aryl methyl sites for hydroxylation is 1. The number of ether oxygens (including phenoxy) is 2. The zero-order valence-corrected chi connectivity index (χ0v) is 18.9. The molecule has 2 amide bonds. The standard InChI is InChI=1S/C23H27N7O3/c1-15-28-29-22-21(27-17-13-19(32-2)20(33-3)14-18(17)30(15)22)24-11-7-8-12-25-23(31)26-16-9-5-4-6-10-16/h4-6,9-10,13-14H,7-8,11-12H2,1-3H3,(H,24,27)(H2,25,26,31). The van der Waals surface area contributed by atoms with Gasteiger partial charge in [-0.1, -0.05) is 18.2 Å². The number of unbranched alkanes of at least 4 members (excludes halogenated alkanes) is 1. The van der Waals surface area contributed by atoms with Gasteiger partial charge in [-0.25, -0.2) is 9.78 Å². The van der Waals surface area contributed by atoms with Crippen LogP contribution in [0.2, 0.25) is 0 Å². The Hall–Kier alpha value is -4.08. The average Bonchev–Trinajstić information content (AvgIpc) is 3.23. The molecule has 172 valence electrons. The number of hydrogen-bond acceptors (Lipinski definition) is 7. The fraction of sp³-hybridized carbons (Fsp3) is 0.304. The summed E-state index contributed by atoms with van der Waals surface area (Å²) in [5.74, 6) is 2.62. The third kappa shape index (κ3) is 4.89. The number of amides is 2. The van der Waals surface area contributed by atoms with Crippen LogP contribution in [0, 0.1) is 6.92 Å². The summed E-state index contributed by atoms with van der Waals surface area (Å²) in [5.41, 5.74) is 2.99. The highest BCUT2D eigenvalue weighted by atomic mass is 16.5. The Balaban J connectivity index is 1.38. The first-order valence-corrected chi connectivity index (χ1v) is 10.7. The first kappa shape index (κ1) is 22.1. The fourth-order valence-electron chi connectivity index (χ4n) is 3.57. The largest absolute Gasteiger partial charge is 0.493 e. The van der Waals surface area contributed by atoms with E-state index in [1.165, 1.54) is 0 Å². The molecule has 2 aromatic heterocycles. The maximum atomic E-state index is 12.0. The van der Waals surface area contributed by atoms with Crippen molar-refractivity contribution in [1.29, 1.82) is 0 Å². The number of rotatable bonds is 9. The topological polar surface area (TPSA) is 115 Å². The molecule has 0 aliphatic rings. The van der Waals surface area contributed by atoms with E-state index in [2.05, 4.69) is 26.1 Å². The zero-order valence-electron chi connectivity index (χ0n) is 18.9. The minimum Gasteiger partial charge on any atom is -0.493 e. The van der Waals surface area contributed by atoms with Crippen LogP contribution in [0.25, 0.3) is 16.7 Å². The number of benzene rings is 2. The number of fused-ring (bicyclic) bond motifs is 3. The highest BCUT2D eigenvalue weighted by molar-refractivity contribution is 5.89. The summed E-state index contributed by atoms with van der Waals surface area (Å²) in [6, 6.07) is 12.9. The minimum atomic E-state index is -0.213. The van der Waals surface area contributed by atoms with Gasteiger partial charge in [0.1, 0.15) is 5.82 Å². The van der Waals surface area contributed by atoms with Crippen LogP contribution in [0.3, 0.4) is 0 Å². The van der Waals surface area contributed by atoms with Crippen LogP contribution in [0.4, 0.5) is 16.3 Å². The van der Waals surface area contributed by atoms with Gasteiger partial charge in [-0.3, -0.25) is 4.40 Å². The molecule has 10 heteroatoms. The summed E-state index contributed by atoms with van der Waals surface area (Å²) in [5, 5.41) is 17.5. The van der Waals surface area contributed by atoms with Crippen molar-refractivity contribution in [1.82, 2.24) is 24.9 Å². The minimum absolute atomic E-state index is 0.213. The molecule has 33 heavy (non-hydrogen) atoms. The lowest BCUT2D eigenvalue weighted by Crippen LogP contribution is -2.29. The van der Waals surface area contributed by atoms with E-state index in [9.17, 15) is 4.79 Å². The number of aromatic nitrogens is 4. The number of hydrogen-bond donors (Lipinski definition) is 3. The van der Waals surface area contributed by atoms with Gasteiger partial charge < -0.3 is 25.4 Å². The van der Waals surface area contributed by atoms with Gasteiger partial charge in [-0.2, -0.15) is 0 Å². The average molecular weight is 450 g/mol. The zero-order chi connectivity index (χ0) is 23.2. The third-order valence-corrected chi connectivity index (χ3v) is 5.20. The maximum Gasteiger partial charge on any atom is 0.319 e. The van der Waals surface area contributed by atoms with Gasteiger partial charge in [0, 0.05) is 30.9 Å². The van der Waals surface area contributed by atoms with E-state index in [4.69, 9.17) is 14.5 Å². The quantitative estimate of drug-likeness (QED) is 0.334. The number of nitrogens with zero attached hydrogens (tertiary/aromatic N) is 4. The Morgan fingerprint density at radius 2 is 1.73 bits per heavy atom. The number of nitrogens with one attached hydrogen (secondary N) is 3. The SMILES string of the molecule is COc1cc2nc(NCCCCNC(=O)Nc3ccccc3)c3nnc(C)n3c2cc1OC. The molecule has 0 radical (unpaired) electrons. The van der Waals surface area contributed by atoms with E-state index in [-0.39, 0.29) is 6.03 Å². The number of carbonyl (C=O) groups excluding carboxylic acids is 1. The van der Waals surface area contributed by atoms with Gasteiger partial charge in [-0.15, -0.1) is 10.2 Å². The van der Waals surface area contributed by atoms with Crippen LogP contribution >= 0.6 is 0 Å². The Kier molecular flexibility index (Phi) is 6.72. The molecule has 0 aliphatic carbocycles. The molecular weight excluding hydrogens is 422 g/mol. The Morgan fingerprint density at radius 3 is 2.48 bits per heavy atom. The van der Waals surface area contributed by atoms with E-state index in [0.29, 0.717) is 36.1 Å². The summed E-state index contributed by atoms with van der Waals surface area (Å²) in [6.07, 6.45) is 1.66. The molecule has 0 unspecified atom stereocenters. The predicted octanol–water partition coefficient (Wildman–Crippen LogP) is 3.62. The van der Waals surface area contributed by atoms with Crippen LogP contribution < -0.4 is 25.4 Å². The lowest BCUT2D eigenvalue weighted by atomic mass is 10.2. The number of anilines is 2. The molecular formula is C23H27N7O3. The normalized spacial score (nSPS) is 10.9. The lowest BCUT2D eigenvalue weighted by Gasteiger charge is -2.13. The molecule has 2 heterocycles. The smallest absolute Gasteiger partial charge is 0.319 e. The molecule has 4 aromatic rings. The molecule has 0 saturated carbocycles. The van der Waals surface area contributed by atoms with Crippen molar-refractivity contribution in [2.24, 2.45) is 0 Å². The van der Waals surface area contributed by atoms with Crippen LogP contribution in [-0.4, -0.2) is 52.9 Å². The van der Waals surface area contributed by atoms with Crippen LogP contribution in [0.15, 0.2) is 42.5 Å². The van der Waals surface area contributed by atoms with E-state index in [0.717, 1.165) is 35.4 Å². The van der Waals surface area contributed by atoms with Crippen molar-refractivity contribution in [2.75, 3.05) is 37.9 Å². The van der Waals surface area contributed by atoms with E-state index < -0.39 is 0 Å². The second-order valence-electron chi connectivity index (χ2n) is 7.44. The van der Waals surface area contributed by atoms with Gasteiger partial charge in [0.15, 0.2) is 17.3 Å². The van der Waals surface area contributed by atoms with Gasteiger partial charge in [0.05, 0.1) is 25.3 Å². The first-order valence-electron chi connectivity index (χ1n) is 10.7. The molecule has 0 spiro atoms.